The highest BCUT2D eigenvalue weighted by Crippen LogP contribution is 2.38. The Kier molecular flexibility index (Phi) is 6.83. The van der Waals surface area contributed by atoms with Gasteiger partial charge in [0.15, 0.2) is 35.4 Å². The third-order valence-electron chi connectivity index (χ3n) is 7.09. The van der Waals surface area contributed by atoms with Crippen LogP contribution in [-0.4, -0.2) is 52.1 Å². The first-order valence-corrected chi connectivity index (χ1v) is 13.1. The highest BCUT2D eigenvalue weighted by molar-refractivity contribution is 9.10. The van der Waals surface area contributed by atoms with Gasteiger partial charge in [-0.3, -0.25) is 19.4 Å². The van der Waals surface area contributed by atoms with Crippen LogP contribution in [0.2, 0.25) is 0 Å². The molecule has 0 spiro atoms. The number of hydrogen-bond donors (Lipinski definition) is 0. The Balaban J connectivity index is 1.29. The molecule has 3 aromatic carbocycles. The molecule has 0 bridgehead atoms. The number of fused-ring (bicyclic) bond motifs is 1. The Morgan fingerprint density at radius 3 is 2.12 bits per heavy atom. The Morgan fingerprint density at radius 1 is 0.857 bits per heavy atom. The Bertz CT molecular complexity index is 1680. The monoisotopic (exact) mass is 646 g/mol. The molecule has 1 saturated heterocycles. The smallest absolute Gasteiger partial charge is 0.264 e. The fourth-order valence-corrected chi connectivity index (χ4v) is 5.33. The molecule has 3 aromatic rings. The molecule has 214 valence electrons. The summed E-state index contributed by atoms with van der Waals surface area (Å²) in [7, 11) is 0. The van der Waals surface area contributed by atoms with Gasteiger partial charge in [0.1, 0.15) is 12.2 Å². The lowest BCUT2D eigenvalue weighted by Crippen LogP contribution is -2.45. The van der Waals surface area contributed by atoms with Crippen molar-refractivity contribution in [2.24, 2.45) is 15.4 Å². The van der Waals surface area contributed by atoms with Gasteiger partial charge in [0.2, 0.25) is 5.82 Å². The fourth-order valence-electron chi connectivity index (χ4n) is 5.07. The number of halogens is 6. The molecular formula is C27H16BrF5N6O3. The van der Waals surface area contributed by atoms with Gasteiger partial charge in [-0.2, -0.15) is 10.2 Å². The van der Waals surface area contributed by atoms with Crippen LogP contribution < -0.4 is 4.90 Å². The van der Waals surface area contributed by atoms with Gasteiger partial charge < -0.3 is 0 Å². The van der Waals surface area contributed by atoms with Gasteiger partial charge in [0, 0.05) is 10.9 Å². The van der Waals surface area contributed by atoms with E-state index in [4.69, 9.17) is 0 Å². The number of rotatable bonds is 5. The van der Waals surface area contributed by atoms with Crippen LogP contribution in [0.4, 0.5) is 27.6 Å². The predicted octanol–water partition coefficient (Wildman–Crippen LogP) is 4.82. The number of carbonyl (C=O) groups is 3. The molecule has 15 heteroatoms. The Labute approximate surface area is 242 Å². The summed E-state index contributed by atoms with van der Waals surface area (Å²) in [6.45, 7) is -0.630. The first-order chi connectivity index (χ1) is 20.1. The number of amides is 3. The van der Waals surface area contributed by atoms with Gasteiger partial charge in [-0.05, 0) is 23.3 Å². The lowest BCUT2D eigenvalue weighted by Gasteiger charge is -2.25. The summed E-state index contributed by atoms with van der Waals surface area (Å²) >= 11 is 3.38. The van der Waals surface area contributed by atoms with Crippen LogP contribution in [0.5, 0.6) is 0 Å². The highest BCUT2D eigenvalue weighted by Gasteiger charge is 2.57. The second kappa shape index (κ2) is 10.4. The number of anilines is 1. The lowest BCUT2D eigenvalue weighted by atomic mass is 9.98. The van der Waals surface area contributed by atoms with Crippen LogP contribution >= 0.6 is 15.9 Å². The van der Waals surface area contributed by atoms with Crippen LogP contribution in [-0.2, 0) is 14.4 Å². The van der Waals surface area contributed by atoms with Crippen LogP contribution in [0.15, 0.2) is 74.5 Å². The molecule has 0 aliphatic carbocycles. The van der Waals surface area contributed by atoms with Gasteiger partial charge >= 0.3 is 0 Å². The Hall–Kier alpha value is -4.53. The number of hydrazone groups is 1. The van der Waals surface area contributed by atoms with E-state index in [9.17, 15) is 36.3 Å². The van der Waals surface area contributed by atoms with Crippen molar-refractivity contribution in [3.63, 3.8) is 0 Å². The summed E-state index contributed by atoms with van der Waals surface area (Å²) in [6.07, 6.45) is 0.358. The van der Waals surface area contributed by atoms with Crippen molar-refractivity contribution in [1.29, 1.82) is 0 Å². The quantitative estimate of drug-likeness (QED) is 0.172. The average Bonchev–Trinajstić information content (AvgIpc) is 3.68. The van der Waals surface area contributed by atoms with Crippen molar-refractivity contribution >= 4 is 45.1 Å². The SMILES string of the molecule is O=C1[C@@H]2[C@@H](N=NN2CC(=O)N2N=C(c3ccc(Br)cc3)C[C@H]2c2ccccc2)C(=O)N1c1c(F)c(F)c(F)c(F)c1F. The van der Waals surface area contributed by atoms with Crippen LogP contribution in [0.25, 0.3) is 0 Å². The van der Waals surface area contributed by atoms with Crippen molar-refractivity contribution in [3.05, 3.63) is 99.3 Å². The molecule has 3 aliphatic heterocycles. The maximum Gasteiger partial charge on any atom is 0.264 e. The molecule has 0 radical (unpaired) electrons. The minimum Gasteiger partial charge on any atom is -0.271 e. The molecule has 3 heterocycles. The average molecular weight is 647 g/mol. The van der Waals surface area contributed by atoms with Crippen LogP contribution in [0.1, 0.15) is 23.6 Å². The van der Waals surface area contributed by atoms with Crippen molar-refractivity contribution in [3.8, 4) is 0 Å². The second-order valence-corrected chi connectivity index (χ2v) is 10.5. The van der Waals surface area contributed by atoms with E-state index in [1.807, 2.05) is 42.5 Å². The van der Waals surface area contributed by atoms with E-state index in [1.165, 1.54) is 5.01 Å². The summed E-state index contributed by atoms with van der Waals surface area (Å²) < 4.78 is 71.1. The zero-order valence-electron chi connectivity index (χ0n) is 21.0. The molecule has 3 aliphatic rings. The van der Waals surface area contributed by atoms with Gasteiger partial charge in [0.05, 0.1) is 11.8 Å². The third-order valence-corrected chi connectivity index (χ3v) is 7.62. The zero-order chi connectivity index (χ0) is 29.9. The second-order valence-electron chi connectivity index (χ2n) is 9.55. The zero-order valence-corrected chi connectivity index (χ0v) is 22.6. The predicted molar refractivity (Wildman–Crippen MR) is 139 cm³/mol. The fraction of sp³-hybridized carbons (Fsp3) is 0.185. The van der Waals surface area contributed by atoms with Crippen molar-refractivity contribution in [1.82, 2.24) is 10.0 Å². The maximum absolute atomic E-state index is 14.5. The third kappa shape index (κ3) is 4.35. The Morgan fingerprint density at radius 2 is 1.48 bits per heavy atom. The summed E-state index contributed by atoms with van der Waals surface area (Å²) in [6, 6.07) is 12.5. The molecule has 42 heavy (non-hydrogen) atoms. The number of benzene rings is 3. The summed E-state index contributed by atoms with van der Waals surface area (Å²) in [5.41, 5.74) is 0.428. The van der Waals surface area contributed by atoms with E-state index in [1.54, 1.807) is 12.1 Å². The highest BCUT2D eigenvalue weighted by atomic mass is 79.9. The van der Waals surface area contributed by atoms with Crippen molar-refractivity contribution < 1.29 is 36.3 Å². The van der Waals surface area contributed by atoms with Gasteiger partial charge in [-0.15, -0.1) is 0 Å². The van der Waals surface area contributed by atoms with Gasteiger partial charge in [-0.25, -0.2) is 31.9 Å². The number of imide groups is 1. The van der Waals surface area contributed by atoms with E-state index in [2.05, 4.69) is 31.4 Å². The normalized spacial score (nSPS) is 21.4. The molecule has 0 unspecified atom stereocenters. The molecule has 0 N–H and O–H groups in total. The van der Waals surface area contributed by atoms with Gasteiger partial charge in [0.25, 0.3) is 17.7 Å². The topological polar surface area (TPSA) is 98.0 Å². The van der Waals surface area contributed by atoms with E-state index >= 15 is 0 Å². The first kappa shape index (κ1) is 27.6. The number of nitrogens with zero attached hydrogens (tertiary/aromatic N) is 6. The molecule has 1 fully saturated rings. The van der Waals surface area contributed by atoms with Crippen LogP contribution in [0, 0.1) is 29.1 Å². The first-order valence-electron chi connectivity index (χ1n) is 12.4. The van der Waals surface area contributed by atoms with E-state index in [0.29, 0.717) is 12.1 Å². The minimum atomic E-state index is -2.44. The lowest BCUT2D eigenvalue weighted by molar-refractivity contribution is -0.135. The molecular weight excluding hydrogens is 631 g/mol. The molecule has 0 saturated carbocycles. The van der Waals surface area contributed by atoms with E-state index in [-0.39, 0.29) is 4.90 Å². The molecule has 6 rings (SSSR count). The summed E-state index contributed by atoms with van der Waals surface area (Å²) in [5.74, 6) is -15.2. The summed E-state index contributed by atoms with van der Waals surface area (Å²) in [5, 5.41) is 14.0. The number of carbonyl (C=O) groups excluding carboxylic acids is 3. The van der Waals surface area contributed by atoms with Crippen molar-refractivity contribution in [2.45, 2.75) is 24.5 Å². The molecule has 3 amide bonds. The number of hydrogen-bond acceptors (Lipinski definition) is 7. The molecule has 9 nitrogen and oxygen atoms in total. The molecule has 0 aromatic heterocycles. The van der Waals surface area contributed by atoms with Crippen LogP contribution in [0.3, 0.4) is 0 Å². The maximum atomic E-state index is 14.5. The van der Waals surface area contributed by atoms with Crippen molar-refractivity contribution in [2.75, 3.05) is 11.4 Å². The largest absolute Gasteiger partial charge is 0.271 e. The minimum absolute atomic E-state index is 0.145. The molecule has 3 atom stereocenters. The van der Waals surface area contributed by atoms with E-state index < -0.39 is 77.2 Å². The standard InChI is InChI=1S/C27H16BrF5N6O3/c28-14-8-6-12(7-9-14)15-10-16(13-4-2-1-3-5-13)39(35-15)17(40)11-37-25-23(34-36-37)26(41)38(27(25)42)24-21(32)19(30)18(29)20(31)22(24)33/h1-9,16,23,25H,10-11H2/t16-,23+,25-/m0/s1. The van der Waals surface area contributed by atoms with Gasteiger partial charge in [-0.1, -0.05) is 63.6 Å². The summed E-state index contributed by atoms with van der Waals surface area (Å²) in [4.78, 5) is 39.5. The van der Waals surface area contributed by atoms with E-state index in [0.717, 1.165) is 20.6 Å².